The molecule has 2 aliphatic heterocycles. The number of carbonyl (C=O) groups is 2. The average Bonchev–Trinajstić information content (AvgIpc) is 3.08. The van der Waals surface area contributed by atoms with Crippen molar-refractivity contribution in [2.75, 3.05) is 57.8 Å². The van der Waals surface area contributed by atoms with Gasteiger partial charge in [0.15, 0.2) is 5.96 Å². The van der Waals surface area contributed by atoms with Gasteiger partial charge in [-0.15, -0.1) is 0 Å². The lowest BCUT2D eigenvalue weighted by Crippen LogP contribution is -2.51. The van der Waals surface area contributed by atoms with E-state index in [0.29, 0.717) is 13.0 Å². The zero-order chi connectivity index (χ0) is 19.9. The fourth-order valence-corrected chi connectivity index (χ4v) is 3.67. The highest BCUT2D eigenvalue weighted by molar-refractivity contribution is 5.97. The number of guanidine groups is 1. The maximum absolute atomic E-state index is 12.3. The number of carbonyl (C=O) groups excluding carboxylic acids is 2. The maximum atomic E-state index is 12.3. The van der Waals surface area contributed by atoms with E-state index in [0.717, 1.165) is 50.9 Å². The van der Waals surface area contributed by atoms with Crippen LogP contribution in [0.25, 0.3) is 0 Å². The zero-order valence-corrected chi connectivity index (χ0v) is 16.7. The Morgan fingerprint density at radius 3 is 2.54 bits per heavy atom. The van der Waals surface area contributed by atoms with Crippen LogP contribution in [-0.2, 0) is 9.59 Å². The molecule has 0 aliphatic carbocycles. The van der Waals surface area contributed by atoms with Crippen LogP contribution < -0.4 is 15.5 Å². The molecule has 1 aromatic carbocycles. The Bertz CT molecular complexity index is 700. The predicted molar refractivity (Wildman–Crippen MR) is 110 cm³/mol. The molecule has 2 aliphatic rings. The third kappa shape index (κ3) is 5.22. The molecule has 0 saturated carbocycles. The minimum atomic E-state index is 0.0398. The molecule has 0 radical (unpaired) electrons. The number of benzene rings is 1. The van der Waals surface area contributed by atoms with Crippen molar-refractivity contribution in [3.8, 4) is 0 Å². The summed E-state index contributed by atoms with van der Waals surface area (Å²) < 4.78 is 0. The summed E-state index contributed by atoms with van der Waals surface area (Å²) in [5, 5.41) is 6.69. The van der Waals surface area contributed by atoms with Gasteiger partial charge in [-0.05, 0) is 12.1 Å². The van der Waals surface area contributed by atoms with Gasteiger partial charge in [-0.1, -0.05) is 18.2 Å². The number of nitrogens with zero attached hydrogens (tertiary/aromatic N) is 4. The van der Waals surface area contributed by atoms with Gasteiger partial charge >= 0.3 is 0 Å². The molecule has 0 spiro atoms. The molecule has 2 heterocycles. The molecule has 3 rings (SSSR count). The Hall–Kier alpha value is -2.61. The largest absolute Gasteiger partial charge is 0.355 e. The monoisotopic (exact) mass is 386 g/mol. The van der Waals surface area contributed by atoms with Crippen LogP contribution in [0.5, 0.6) is 0 Å². The Kier molecular flexibility index (Phi) is 6.86. The summed E-state index contributed by atoms with van der Waals surface area (Å²) in [5.41, 5.74) is 0.935. The van der Waals surface area contributed by atoms with E-state index < -0.39 is 0 Å². The fraction of sp³-hybridized carbons (Fsp3) is 0.550. The number of hydrogen-bond donors (Lipinski definition) is 2. The molecule has 1 atom stereocenters. The first kappa shape index (κ1) is 20.1. The Labute approximate surface area is 166 Å². The summed E-state index contributed by atoms with van der Waals surface area (Å²) in [6.07, 6.45) is 0.461. The third-order valence-corrected chi connectivity index (χ3v) is 5.30. The molecule has 2 N–H and O–H groups in total. The van der Waals surface area contributed by atoms with Crippen molar-refractivity contribution in [3.05, 3.63) is 30.3 Å². The summed E-state index contributed by atoms with van der Waals surface area (Å²) in [5.74, 6) is 0.996. The topological polar surface area (TPSA) is 80.3 Å². The van der Waals surface area contributed by atoms with Crippen molar-refractivity contribution < 1.29 is 9.59 Å². The Morgan fingerprint density at radius 2 is 1.89 bits per heavy atom. The number of piperazine rings is 1. The molecule has 2 amide bonds. The first-order valence-electron chi connectivity index (χ1n) is 9.87. The molecule has 1 aromatic rings. The van der Waals surface area contributed by atoms with E-state index >= 15 is 0 Å². The number of anilines is 1. The molecule has 0 bridgehead atoms. The van der Waals surface area contributed by atoms with Crippen molar-refractivity contribution >= 4 is 23.5 Å². The van der Waals surface area contributed by atoms with Gasteiger partial charge < -0.3 is 20.4 Å². The maximum Gasteiger partial charge on any atom is 0.229 e. The van der Waals surface area contributed by atoms with Crippen molar-refractivity contribution in [3.63, 3.8) is 0 Å². The number of hydrogen-bond acceptors (Lipinski definition) is 4. The molecule has 2 saturated heterocycles. The Morgan fingerprint density at radius 1 is 1.18 bits per heavy atom. The van der Waals surface area contributed by atoms with Gasteiger partial charge in [0, 0.05) is 71.9 Å². The molecule has 2 fully saturated rings. The predicted octanol–water partition coefficient (Wildman–Crippen LogP) is 0.121. The van der Waals surface area contributed by atoms with Crippen LogP contribution in [-0.4, -0.2) is 86.5 Å². The molecule has 0 aromatic heterocycles. The van der Waals surface area contributed by atoms with E-state index in [1.54, 1.807) is 14.0 Å². The lowest BCUT2D eigenvalue weighted by molar-refractivity contribution is -0.130. The van der Waals surface area contributed by atoms with Crippen LogP contribution >= 0.6 is 0 Å². The molecular weight excluding hydrogens is 356 g/mol. The number of amides is 2. The average molecular weight is 387 g/mol. The van der Waals surface area contributed by atoms with E-state index in [9.17, 15) is 9.59 Å². The smallest absolute Gasteiger partial charge is 0.229 e. The van der Waals surface area contributed by atoms with Crippen molar-refractivity contribution in [1.82, 2.24) is 20.4 Å². The number of para-hydroxylation sites is 1. The summed E-state index contributed by atoms with van der Waals surface area (Å²) in [4.78, 5) is 34.1. The van der Waals surface area contributed by atoms with Crippen molar-refractivity contribution in [2.24, 2.45) is 4.99 Å². The minimum absolute atomic E-state index is 0.0398. The van der Waals surface area contributed by atoms with Gasteiger partial charge in [0.25, 0.3) is 0 Å². The second-order valence-corrected chi connectivity index (χ2v) is 7.23. The van der Waals surface area contributed by atoms with E-state index in [4.69, 9.17) is 0 Å². The van der Waals surface area contributed by atoms with E-state index in [2.05, 4.69) is 20.5 Å². The highest BCUT2D eigenvalue weighted by Crippen LogP contribution is 2.20. The molecular formula is C20H30N6O2. The number of nitrogens with one attached hydrogen (secondary N) is 2. The highest BCUT2D eigenvalue weighted by atomic mass is 16.2. The molecule has 152 valence electrons. The zero-order valence-electron chi connectivity index (χ0n) is 16.7. The van der Waals surface area contributed by atoms with Crippen molar-refractivity contribution in [1.29, 1.82) is 0 Å². The molecule has 28 heavy (non-hydrogen) atoms. The highest BCUT2D eigenvalue weighted by Gasteiger charge is 2.31. The van der Waals surface area contributed by atoms with Crippen LogP contribution in [0.2, 0.25) is 0 Å². The lowest BCUT2D eigenvalue weighted by atomic mass is 10.2. The minimum Gasteiger partial charge on any atom is -0.355 e. The van der Waals surface area contributed by atoms with Crippen LogP contribution in [0.1, 0.15) is 13.3 Å². The van der Waals surface area contributed by atoms with E-state index in [-0.39, 0.29) is 17.9 Å². The first-order chi connectivity index (χ1) is 13.6. The summed E-state index contributed by atoms with van der Waals surface area (Å²) in [6, 6.07) is 9.79. The quantitative estimate of drug-likeness (QED) is 0.555. The first-order valence-corrected chi connectivity index (χ1v) is 9.87. The number of rotatable bonds is 5. The van der Waals surface area contributed by atoms with E-state index in [1.165, 1.54) is 0 Å². The molecule has 1 unspecified atom stereocenters. The van der Waals surface area contributed by atoms with Gasteiger partial charge in [-0.25, -0.2) is 0 Å². The fourth-order valence-electron chi connectivity index (χ4n) is 3.67. The summed E-state index contributed by atoms with van der Waals surface area (Å²) in [6.45, 7) is 7.31. The van der Waals surface area contributed by atoms with Crippen LogP contribution in [0.3, 0.4) is 0 Å². The molecule has 8 heteroatoms. The summed E-state index contributed by atoms with van der Waals surface area (Å²) >= 11 is 0. The van der Waals surface area contributed by atoms with Gasteiger partial charge in [0.2, 0.25) is 11.8 Å². The number of aliphatic imine (C=N–C) groups is 1. The SMILES string of the molecule is CN=C(NCCN1CCN(C(C)=O)CC1)NC1CC(=O)N(c2ccccc2)C1. The van der Waals surface area contributed by atoms with Gasteiger partial charge in [0.1, 0.15) is 0 Å². The third-order valence-electron chi connectivity index (χ3n) is 5.30. The second kappa shape index (κ2) is 9.54. The van der Waals surface area contributed by atoms with Crippen LogP contribution in [0.15, 0.2) is 35.3 Å². The van der Waals surface area contributed by atoms with Gasteiger partial charge in [-0.3, -0.25) is 19.5 Å². The van der Waals surface area contributed by atoms with E-state index in [1.807, 2.05) is 40.1 Å². The normalized spacial score (nSPS) is 21.1. The second-order valence-electron chi connectivity index (χ2n) is 7.23. The van der Waals surface area contributed by atoms with Gasteiger partial charge in [0.05, 0.1) is 6.04 Å². The van der Waals surface area contributed by atoms with Crippen LogP contribution in [0.4, 0.5) is 5.69 Å². The molecule has 8 nitrogen and oxygen atoms in total. The lowest BCUT2D eigenvalue weighted by Gasteiger charge is -2.34. The van der Waals surface area contributed by atoms with Crippen molar-refractivity contribution in [2.45, 2.75) is 19.4 Å². The summed E-state index contributed by atoms with van der Waals surface area (Å²) in [7, 11) is 1.74. The van der Waals surface area contributed by atoms with Gasteiger partial charge in [-0.2, -0.15) is 0 Å². The van der Waals surface area contributed by atoms with Crippen LogP contribution in [0, 0.1) is 0 Å². The standard InChI is InChI=1S/C20H30N6O2/c1-16(27)25-12-10-24(11-13-25)9-8-22-20(21-2)23-17-14-19(28)26(15-17)18-6-4-3-5-7-18/h3-7,17H,8-15H2,1-2H3,(H2,21,22,23). The Balaban J connectivity index is 1.41.